The van der Waals surface area contributed by atoms with Crippen molar-refractivity contribution in [2.45, 2.75) is 87.9 Å². The van der Waals surface area contributed by atoms with Crippen molar-refractivity contribution in [3.63, 3.8) is 0 Å². The Balaban J connectivity index is 1.64. The minimum atomic E-state index is -0.507. The van der Waals surface area contributed by atoms with E-state index in [-0.39, 0.29) is 12.2 Å². The molecule has 0 aromatic rings. The van der Waals surface area contributed by atoms with Crippen molar-refractivity contribution in [3.8, 4) is 0 Å². The zero-order valence-corrected chi connectivity index (χ0v) is 15.6. The molecule has 1 atom stereocenters. The van der Waals surface area contributed by atoms with E-state index in [1.807, 2.05) is 4.90 Å². The molecular weight excluding hydrogens is 332 g/mol. The molecule has 5 rings (SSSR count). The first kappa shape index (κ1) is 16.5. The summed E-state index contributed by atoms with van der Waals surface area (Å²) < 4.78 is 12.0. The molecular formula is C20H28N2O4. The largest absolute Gasteiger partial charge is 0.440 e. The molecule has 2 aliphatic carbocycles. The minimum absolute atomic E-state index is 0.224. The molecule has 0 radical (unpaired) electrons. The normalized spacial score (nSPS) is 34.9. The van der Waals surface area contributed by atoms with Crippen LogP contribution in [0.1, 0.15) is 71.1 Å². The summed E-state index contributed by atoms with van der Waals surface area (Å²) in [6, 6.07) is 0. The van der Waals surface area contributed by atoms with Gasteiger partial charge in [0, 0.05) is 13.1 Å². The Labute approximate surface area is 154 Å². The molecule has 0 aromatic heterocycles. The maximum Gasteiger partial charge on any atom is 0.415 e. The second kappa shape index (κ2) is 5.40. The number of nitrogens with zero attached hydrogens (tertiary/aromatic N) is 2. The molecule has 4 fully saturated rings. The number of hydrogen-bond acceptors (Lipinski definition) is 4. The van der Waals surface area contributed by atoms with Gasteiger partial charge in [0.1, 0.15) is 11.1 Å². The van der Waals surface area contributed by atoms with Gasteiger partial charge in [0.25, 0.3) is 0 Å². The number of hydrogen-bond donors (Lipinski definition) is 0. The third-order valence-electron chi connectivity index (χ3n) is 7.53. The average molecular weight is 360 g/mol. The van der Waals surface area contributed by atoms with Gasteiger partial charge in [0.05, 0.1) is 5.70 Å². The molecule has 26 heavy (non-hydrogen) atoms. The van der Waals surface area contributed by atoms with Crippen LogP contribution in [0.15, 0.2) is 11.8 Å². The number of fused-ring (bicyclic) bond motifs is 4. The van der Waals surface area contributed by atoms with E-state index in [0.717, 1.165) is 57.1 Å². The first-order chi connectivity index (χ1) is 12.5. The Morgan fingerprint density at radius 3 is 2.19 bits per heavy atom. The smallest absolute Gasteiger partial charge is 0.415 e. The molecule has 0 bridgehead atoms. The second-order valence-electron chi connectivity index (χ2n) is 8.83. The first-order valence-corrected chi connectivity index (χ1v) is 10.2. The standard InChI is InChI=1S/C20H28N2O4/c1-18-14-15-19(8-4-2-5-9-19)25-16(23)21(15)12-13-22(18)17(24)26-20(18)10-6-3-7-11-20/h14H,2-13H2,1H3. The monoisotopic (exact) mass is 360 g/mol. The first-order valence-electron chi connectivity index (χ1n) is 10.2. The maximum atomic E-state index is 12.7. The van der Waals surface area contributed by atoms with Crippen molar-refractivity contribution in [1.82, 2.24) is 9.80 Å². The Hall–Kier alpha value is -1.72. The molecule has 2 saturated carbocycles. The zero-order chi connectivity index (χ0) is 18.0. The van der Waals surface area contributed by atoms with Crippen molar-refractivity contribution in [1.29, 1.82) is 0 Å². The lowest BCUT2D eigenvalue weighted by Crippen LogP contribution is -2.56. The summed E-state index contributed by atoms with van der Waals surface area (Å²) in [6.45, 7) is 3.13. The van der Waals surface area contributed by atoms with Crippen LogP contribution in [-0.4, -0.2) is 51.8 Å². The fourth-order valence-electron chi connectivity index (χ4n) is 6.01. The summed E-state index contributed by atoms with van der Waals surface area (Å²) >= 11 is 0. The lowest BCUT2D eigenvalue weighted by molar-refractivity contribution is -0.0198. The predicted octanol–water partition coefficient (Wildman–Crippen LogP) is 3.95. The lowest BCUT2D eigenvalue weighted by Gasteiger charge is -2.44. The highest BCUT2D eigenvalue weighted by Gasteiger charge is 2.64. The highest BCUT2D eigenvalue weighted by atomic mass is 16.6. The lowest BCUT2D eigenvalue weighted by atomic mass is 9.70. The van der Waals surface area contributed by atoms with E-state index in [1.54, 1.807) is 4.90 Å². The van der Waals surface area contributed by atoms with Crippen molar-refractivity contribution < 1.29 is 19.1 Å². The van der Waals surface area contributed by atoms with Gasteiger partial charge in [-0.15, -0.1) is 0 Å². The van der Waals surface area contributed by atoms with Gasteiger partial charge in [0.15, 0.2) is 5.60 Å². The van der Waals surface area contributed by atoms with Gasteiger partial charge in [-0.2, -0.15) is 0 Å². The fourth-order valence-corrected chi connectivity index (χ4v) is 6.01. The Morgan fingerprint density at radius 1 is 0.846 bits per heavy atom. The van der Waals surface area contributed by atoms with Gasteiger partial charge in [-0.1, -0.05) is 12.8 Å². The van der Waals surface area contributed by atoms with Gasteiger partial charge in [-0.05, 0) is 64.4 Å². The molecule has 3 heterocycles. The summed E-state index contributed by atoms with van der Waals surface area (Å²) in [6.07, 6.45) is 12.0. The van der Waals surface area contributed by atoms with Crippen LogP contribution in [-0.2, 0) is 9.47 Å². The highest BCUT2D eigenvalue weighted by molar-refractivity contribution is 5.78. The Bertz CT molecular complexity index is 675. The van der Waals surface area contributed by atoms with E-state index < -0.39 is 16.7 Å². The third-order valence-corrected chi connectivity index (χ3v) is 7.53. The molecule has 3 aliphatic heterocycles. The van der Waals surface area contributed by atoms with Crippen LogP contribution in [0.4, 0.5) is 9.59 Å². The van der Waals surface area contributed by atoms with Gasteiger partial charge in [-0.25, -0.2) is 9.59 Å². The maximum absolute atomic E-state index is 12.7. The van der Waals surface area contributed by atoms with Crippen LogP contribution in [0.5, 0.6) is 0 Å². The van der Waals surface area contributed by atoms with E-state index in [0.29, 0.717) is 13.1 Å². The molecule has 142 valence electrons. The van der Waals surface area contributed by atoms with Crippen LogP contribution in [0, 0.1) is 0 Å². The van der Waals surface area contributed by atoms with E-state index >= 15 is 0 Å². The van der Waals surface area contributed by atoms with E-state index in [9.17, 15) is 9.59 Å². The zero-order valence-electron chi connectivity index (χ0n) is 15.6. The van der Waals surface area contributed by atoms with Crippen molar-refractivity contribution in [2.75, 3.05) is 13.1 Å². The number of rotatable bonds is 0. The molecule has 0 aromatic carbocycles. The number of ether oxygens (including phenoxy) is 2. The molecule has 6 nitrogen and oxygen atoms in total. The minimum Gasteiger partial charge on any atom is -0.440 e. The summed E-state index contributed by atoms with van der Waals surface area (Å²) in [5.74, 6) is 0. The van der Waals surface area contributed by atoms with Gasteiger partial charge < -0.3 is 9.47 Å². The molecule has 2 spiro atoms. The van der Waals surface area contributed by atoms with Crippen molar-refractivity contribution in [3.05, 3.63) is 11.8 Å². The molecule has 1 unspecified atom stereocenters. The molecule has 0 N–H and O–H groups in total. The topological polar surface area (TPSA) is 59.1 Å². The van der Waals surface area contributed by atoms with Gasteiger partial charge in [-0.3, -0.25) is 9.80 Å². The van der Waals surface area contributed by atoms with Crippen LogP contribution >= 0.6 is 0 Å². The van der Waals surface area contributed by atoms with Crippen LogP contribution in [0.25, 0.3) is 0 Å². The Kier molecular flexibility index (Phi) is 3.41. The number of carbonyl (C=O) groups is 2. The summed E-state index contributed by atoms with van der Waals surface area (Å²) in [5.41, 5.74) is -0.467. The molecule has 2 saturated heterocycles. The van der Waals surface area contributed by atoms with Crippen LogP contribution in [0.3, 0.4) is 0 Å². The third kappa shape index (κ3) is 1.99. The average Bonchev–Trinajstić information content (AvgIpc) is 2.89. The van der Waals surface area contributed by atoms with Gasteiger partial charge in [0.2, 0.25) is 0 Å². The van der Waals surface area contributed by atoms with Crippen molar-refractivity contribution in [2.24, 2.45) is 0 Å². The summed E-state index contributed by atoms with van der Waals surface area (Å²) in [4.78, 5) is 29.0. The van der Waals surface area contributed by atoms with Crippen molar-refractivity contribution >= 4 is 12.2 Å². The molecule has 2 amide bonds. The second-order valence-corrected chi connectivity index (χ2v) is 8.83. The van der Waals surface area contributed by atoms with E-state index in [2.05, 4.69) is 13.0 Å². The van der Waals surface area contributed by atoms with E-state index in [4.69, 9.17) is 9.47 Å². The quantitative estimate of drug-likeness (QED) is 0.656. The van der Waals surface area contributed by atoms with Crippen LogP contribution < -0.4 is 0 Å². The number of amides is 2. The summed E-state index contributed by atoms with van der Waals surface area (Å²) in [5, 5.41) is 0. The SMILES string of the molecule is CC12C=C3N(CCN1C(=O)OC21CCCCC1)C(=O)OC31CCCCC1. The fraction of sp³-hybridized carbons (Fsp3) is 0.800. The molecule has 5 aliphatic rings. The van der Waals surface area contributed by atoms with Gasteiger partial charge >= 0.3 is 12.2 Å². The number of carbonyl (C=O) groups excluding carboxylic acids is 2. The highest BCUT2D eigenvalue weighted by Crippen LogP contribution is 2.53. The predicted molar refractivity (Wildman–Crippen MR) is 94.5 cm³/mol. The summed E-state index contributed by atoms with van der Waals surface area (Å²) in [7, 11) is 0. The molecule has 6 heteroatoms. The Morgan fingerprint density at radius 2 is 1.50 bits per heavy atom. The van der Waals surface area contributed by atoms with Crippen LogP contribution in [0.2, 0.25) is 0 Å². The van der Waals surface area contributed by atoms with E-state index in [1.165, 1.54) is 12.8 Å².